The second-order valence-corrected chi connectivity index (χ2v) is 4.71. The maximum absolute atomic E-state index is 11.9. The van der Waals surface area contributed by atoms with Crippen molar-refractivity contribution >= 4 is 11.6 Å². The van der Waals surface area contributed by atoms with Gasteiger partial charge in [0.15, 0.2) is 0 Å². The van der Waals surface area contributed by atoms with Gasteiger partial charge in [0.25, 0.3) is 0 Å². The van der Waals surface area contributed by atoms with Crippen molar-refractivity contribution in [1.82, 2.24) is 0 Å². The Labute approximate surface area is 123 Å². The molecule has 4 heteroatoms. The van der Waals surface area contributed by atoms with Gasteiger partial charge in [0, 0.05) is 5.69 Å². The Balaban J connectivity index is 1.91. The predicted octanol–water partition coefficient (Wildman–Crippen LogP) is 2.81. The SMILES string of the molecule is N#CCc1ccc(NC(=O)CC(O)c2ccccc2)cc1. The van der Waals surface area contributed by atoms with Crippen LogP contribution in [0.25, 0.3) is 0 Å². The fraction of sp³-hybridized carbons (Fsp3) is 0.176. The molecular weight excluding hydrogens is 264 g/mol. The van der Waals surface area contributed by atoms with Gasteiger partial charge in [-0.15, -0.1) is 0 Å². The lowest BCUT2D eigenvalue weighted by Gasteiger charge is -2.11. The first-order chi connectivity index (χ1) is 10.2. The number of hydrogen-bond acceptors (Lipinski definition) is 3. The highest BCUT2D eigenvalue weighted by Crippen LogP contribution is 2.17. The van der Waals surface area contributed by atoms with Crippen LogP contribution in [0.5, 0.6) is 0 Å². The number of carbonyl (C=O) groups excluding carboxylic acids is 1. The van der Waals surface area contributed by atoms with Crippen molar-refractivity contribution < 1.29 is 9.90 Å². The molecule has 0 aliphatic heterocycles. The largest absolute Gasteiger partial charge is 0.388 e. The van der Waals surface area contributed by atoms with E-state index in [2.05, 4.69) is 11.4 Å². The third kappa shape index (κ3) is 4.44. The summed E-state index contributed by atoms with van der Waals surface area (Å²) < 4.78 is 0. The molecule has 2 N–H and O–H groups in total. The summed E-state index contributed by atoms with van der Waals surface area (Å²) in [5.41, 5.74) is 2.28. The summed E-state index contributed by atoms with van der Waals surface area (Å²) in [4.78, 5) is 11.9. The molecule has 2 aromatic carbocycles. The van der Waals surface area contributed by atoms with Crippen LogP contribution >= 0.6 is 0 Å². The second kappa shape index (κ2) is 7.22. The second-order valence-electron chi connectivity index (χ2n) is 4.71. The molecule has 0 radical (unpaired) electrons. The fourth-order valence-corrected chi connectivity index (χ4v) is 1.98. The average Bonchev–Trinajstić information content (AvgIpc) is 2.50. The Kier molecular flexibility index (Phi) is 5.08. The molecule has 1 amide bonds. The van der Waals surface area contributed by atoms with Gasteiger partial charge in [0.1, 0.15) is 0 Å². The molecule has 1 atom stereocenters. The van der Waals surface area contributed by atoms with Crippen molar-refractivity contribution in [3.63, 3.8) is 0 Å². The van der Waals surface area contributed by atoms with E-state index < -0.39 is 6.10 Å². The number of carbonyl (C=O) groups is 1. The first-order valence-corrected chi connectivity index (χ1v) is 6.68. The number of benzene rings is 2. The van der Waals surface area contributed by atoms with Crippen LogP contribution in [0.3, 0.4) is 0 Å². The number of nitrogens with zero attached hydrogens (tertiary/aromatic N) is 1. The molecule has 0 heterocycles. The average molecular weight is 280 g/mol. The van der Waals surface area contributed by atoms with E-state index in [1.807, 2.05) is 18.2 Å². The smallest absolute Gasteiger partial charge is 0.227 e. The van der Waals surface area contributed by atoms with Crippen LogP contribution in [0.4, 0.5) is 5.69 Å². The van der Waals surface area contributed by atoms with E-state index in [4.69, 9.17) is 5.26 Å². The summed E-state index contributed by atoms with van der Waals surface area (Å²) in [6.07, 6.45) is -0.464. The molecule has 0 saturated carbocycles. The van der Waals surface area contributed by atoms with Crippen molar-refractivity contribution in [3.05, 3.63) is 65.7 Å². The minimum Gasteiger partial charge on any atom is -0.388 e. The molecule has 0 saturated heterocycles. The minimum atomic E-state index is -0.816. The van der Waals surface area contributed by atoms with Crippen LogP contribution < -0.4 is 5.32 Å². The van der Waals surface area contributed by atoms with Crippen LogP contribution in [0.1, 0.15) is 23.7 Å². The van der Waals surface area contributed by atoms with Crippen LogP contribution in [0, 0.1) is 11.3 Å². The number of amides is 1. The van der Waals surface area contributed by atoms with Crippen LogP contribution in [-0.4, -0.2) is 11.0 Å². The van der Waals surface area contributed by atoms with Gasteiger partial charge in [-0.05, 0) is 23.3 Å². The maximum atomic E-state index is 11.9. The van der Waals surface area contributed by atoms with Crippen LogP contribution in [-0.2, 0) is 11.2 Å². The first kappa shape index (κ1) is 14.8. The molecule has 0 fully saturated rings. The zero-order chi connectivity index (χ0) is 15.1. The summed E-state index contributed by atoms with van der Waals surface area (Å²) in [5, 5.41) is 21.3. The Morgan fingerprint density at radius 2 is 1.81 bits per heavy atom. The number of anilines is 1. The number of rotatable bonds is 5. The molecule has 0 spiro atoms. The molecule has 0 aliphatic carbocycles. The van der Waals surface area contributed by atoms with Crippen molar-refractivity contribution in [2.45, 2.75) is 18.9 Å². The van der Waals surface area contributed by atoms with Crippen molar-refractivity contribution in [2.24, 2.45) is 0 Å². The molecule has 0 aromatic heterocycles. The topological polar surface area (TPSA) is 73.1 Å². The number of nitrogens with one attached hydrogen (secondary N) is 1. The third-order valence-corrected chi connectivity index (χ3v) is 3.08. The van der Waals surface area contributed by atoms with Gasteiger partial charge >= 0.3 is 0 Å². The van der Waals surface area contributed by atoms with E-state index in [1.165, 1.54) is 0 Å². The Morgan fingerprint density at radius 3 is 2.43 bits per heavy atom. The standard InChI is InChI=1S/C17H16N2O2/c18-11-10-13-6-8-15(9-7-13)19-17(21)12-16(20)14-4-2-1-3-5-14/h1-9,16,20H,10,12H2,(H,19,21). The highest BCUT2D eigenvalue weighted by atomic mass is 16.3. The van der Waals surface area contributed by atoms with Crippen molar-refractivity contribution in [3.8, 4) is 6.07 Å². The lowest BCUT2D eigenvalue weighted by Crippen LogP contribution is -2.15. The van der Waals surface area contributed by atoms with Gasteiger partial charge in [-0.25, -0.2) is 0 Å². The molecule has 106 valence electrons. The molecule has 0 bridgehead atoms. The maximum Gasteiger partial charge on any atom is 0.227 e. The normalized spacial score (nSPS) is 11.4. The summed E-state index contributed by atoms with van der Waals surface area (Å²) in [7, 11) is 0. The van der Waals surface area contributed by atoms with E-state index in [1.54, 1.807) is 36.4 Å². The number of aliphatic hydroxyl groups excluding tert-OH is 1. The quantitative estimate of drug-likeness (QED) is 0.884. The highest BCUT2D eigenvalue weighted by molar-refractivity contribution is 5.91. The van der Waals surface area contributed by atoms with Gasteiger partial charge in [0.2, 0.25) is 5.91 Å². The summed E-state index contributed by atoms with van der Waals surface area (Å²) in [6.45, 7) is 0. The summed E-state index contributed by atoms with van der Waals surface area (Å²) in [5.74, 6) is -0.251. The van der Waals surface area contributed by atoms with E-state index in [-0.39, 0.29) is 12.3 Å². The fourth-order valence-electron chi connectivity index (χ4n) is 1.98. The van der Waals surface area contributed by atoms with Crippen LogP contribution in [0.15, 0.2) is 54.6 Å². The highest BCUT2D eigenvalue weighted by Gasteiger charge is 2.12. The van der Waals surface area contributed by atoms with Gasteiger partial charge in [-0.1, -0.05) is 42.5 Å². The molecular formula is C17H16N2O2. The van der Waals surface area contributed by atoms with E-state index >= 15 is 0 Å². The molecule has 2 aromatic rings. The lowest BCUT2D eigenvalue weighted by atomic mass is 10.1. The van der Waals surface area contributed by atoms with E-state index in [0.717, 1.165) is 11.1 Å². The van der Waals surface area contributed by atoms with Crippen molar-refractivity contribution in [2.75, 3.05) is 5.32 Å². The molecule has 2 rings (SSSR count). The first-order valence-electron chi connectivity index (χ1n) is 6.68. The van der Waals surface area contributed by atoms with Gasteiger partial charge in [0.05, 0.1) is 25.0 Å². The van der Waals surface area contributed by atoms with E-state index in [0.29, 0.717) is 12.1 Å². The monoisotopic (exact) mass is 280 g/mol. The number of aliphatic hydroxyl groups is 1. The Hall–Kier alpha value is -2.64. The molecule has 1 unspecified atom stereocenters. The zero-order valence-electron chi connectivity index (χ0n) is 11.5. The molecule has 4 nitrogen and oxygen atoms in total. The number of nitriles is 1. The van der Waals surface area contributed by atoms with Gasteiger partial charge in [-0.3, -0.25) is 4.79 Å². The molecule has 21 heavy (non-hydrogen) atoms. The van der Waals surface area contributed by atoms with Gasteiger partial charge < -0.3 is 10.4 Å². The predicted molar refractivity (Wildman–Crippen MR) is 80.4 cm³/mol. The minimum absolute atomic E-state index is 0.00393. The van der Waals surface area contributed by atoms with Crippen LogP contribution in [0.2, 0.25) is 0 Å². The summed E-state index contributed by atoms with van der Waals surface area (Å²) in [6, 6.07) is 18.2. The van der Waals surface area contributed by atoms with Gasteiger partial charge in [-0.2, -0.15) is 5.26 Å². The van der Waals surface area contributed by atoms with Crippen molar-refractivity contribution in [1.29, 1.82) is 5.26 Å². The number of hydrogen-bond donors (Lipinski definition) is 2. The Bertz CT molecular complexity index is 630. The lowest BCUT2D eigenvalue weighted by molar-refractivity contribution is -0.118. The van der Waals surface area contributed by atoms with E-state index in [9.17, 15) is 9.90 Å². The third-order valence-electron chi connectivity index (χ3n) is 3.08. The summed E-state index contributed by atoms with van der Waals surface area (Å²) >= 11 is 0. The Morgan fingerprint density at radius 1 is 1.14 bits per heavy atom. The zero-order valence-corrected chi connectivity index (χ0v) is 11.5. The molecule has 0 aliphatic rings.